The van der Waals surface area contributed by atoms with Gasteiger partial charge in [-0.25, -0.2) is 0 Å². The van der Waals surface area contributed by atoms with Crippen LogP contribution in [0.1, 0.15) is 27.2 Å². The highest BCUT2D eigenvalue weighted by molar-refractivity contribution is 5.78. The van der Waals surface area contributed by atoms with E-state index in [2.05, 4.69) is 5.32 Å². The van der Waals surface area contributed by atoms with E-state index >= 15 is 0 Å². The van der Waals surface area contributed by atoms with Crippen LogP contribution < -0.4 is 5.32 Å². The summed E-state index contributed by atoms with van der Waals surface area (Å²) in [4.78, 5) is 13.2. The molecule has 0 aliphatic rings. The molecule has 84 valence electrons. The number of rotatable bonds is 6. The summed E-state index contributed by atoms with van der Waals surface area (Å²) in [7, 11) is 1.88. The molecule has 0 saturated carbocycles. The number of aliphatic hydroxyl groups is 1. The molecule has 4 nitrogen and oxygen atoms in total. The number of aliphatic hydroxyl groups excluding tert-OH is 1. The highest BCUT2D eigenvalue weighted by Gasteiger charge is 2.07. The van der Waals surface area contributed by atoms with Crippen LogP contribution in [0.25, 0.3) is 0 Å². The van der Waals surface area contributed by atoms with Gasteiger partial charge in [-0.3, -0.25) is 9.69 Å². The molecule has 1 unspecified atom stereocenters. The van der Waals surface area contributed by atoms with Crippen LogP contribution in [0.3, 0.4) is 0 Å². The highest BCUT2D eigenvalue weighted by Crippen LogP contribution is 1.92. The quantitative estimate of drug-likeness (QED) is 0.647. The van der Waals surface area contributed by atoms with Crippen molar-refractivity contribution in [2.75, 3.05) is 20.1 Å². The van der Waals surface area contributed by atoms with E-state index in [0.717, 1.165) is 6.54 Å². The molecule has 0 fully saturated rings. The Hall–Kier alpha value is -0.610. The molecule has 0 aliphatic heterocycles. The van der Waals surface area contributed by atoms with Gasteiger partial charge in [0.05, 0.1) is 12.6 Å². The molecular formula is C10H22N2O2. The summed E-state index contributed by atoms with van der Waals surface area (Å²) in [5.74, 6) is 0.0353. The van der Waals surface area contributed by atoms with Crippen molar-refractivity contribution < 1.29 is 9.90 Å². The number of carbonyl (C=O) groups is 1. The maximum atomic E-state index is 11.3. The minimum absolute atomic E-state index is 0.0353. The Bertz CT molecular complexity index is 170. The predicted octanol–water partition coefficient (Wildman–Crippen LogP) is 0.214. The lowest BCUT2D eigenvalue weighted by molar-refractivity contribution is -0.122. The minimum atomic E-state index is -0.300. The lowest BCUT2D eigenvalue weighted by Gasteiger charge is -2.17. The molecule has 0 bridgehead atoms. The zero-order valence-corrected chi connectivity index (χ0v) is 9.58. The second-order valence-electron chi connectivity index (χ2n) is 4.10. The number of nitrogens with zero attached hydrogens (tertiary/aromatic N) is 1. The van der Waals surface area contributed by atoms with Gasteiger partial charge in [-0.1, -0.05) is 0 Å². The van der Waals surface area contributed by atoms with Gasteiger partial charge in [0.1, 0.15) is 0 Å². The number of nitrogens with one attached hydrogen (secondary N) is 1. The Morgan fingerprint density at radius 1 is 1.43 bits per heavy atom. The van der Waals surface area contributed by atoms with Crippen LogP contribution in [-0.2, 0) is 4.79 Å². The van der Waals surface area contributed by atoms with Gasteiger partial charge in [0.25, 0.3) is 0 Å². The molecule has 0 radical (unpaired) electrons. The topological polar surface area (TPSA) is 52.6 Å². The maximum absolute atomic E-state index is 11.3. The van der Waals surface area contributed by atoms with Gasteiger partial charge in [0.2, 0.25) is 5.91 Å². The molecule has 0 saturated heterocycles. The van der Waals surface area contributed by atoms with Crippen LogP contribution in [-0.4, -0.2) is 48.2 Å². The third-order valence-electron chi connectivity index (χ3n) is 1.79. The van der Waals surface area contributed by atoms with Crippen molar-refractivity contribution in [3.8, 4) is 0 Å². The Morgan fingerprint density at radius 2 is 2.00 bits per heavy atom. The predicted molar refractivity (Wildman–Crippen MR) is 57.1 cm³/mol. The average molecular weight is 202 g/mol. The maximum Gasteiger partial charge on any atom is 0.234 e. The van der Waals surface area contributed by atoms with Gasteiger partial charge in [-0.15, -0.1) is 0 Å². The fourth-order valence-corrected chi connectivity index (χ4v) is 1.10. The second-order valence-corrected chi connectivity index (χ2v) is 4.10. The van der Waals surface area contributed by atoms with E-state index in [1.54, 1.807) is 6.92 Å². The van der Waals surface area contributed by atoms with E-state index in [1.807, 2.05) is 25.8 Å². The Kier molecular flexibility index (Phi) is 6.49. The number of hydrogen-bond donors (Lipinski definition) is 2. The largest absolute Gasteiger partial charge is 0.393 e. The van der Waals surface area contributed by atoms with Crippen LogP contribution in [0.4, 0.5) is 0 Å². The standard InChI is InChI=1S/C10H22N2O2/c1-8(2)11-10(14)7-12(4)6-5-9(3)13/h8-9,13H,5-7H2,1-4H3,(H,11,14). The summed E-state index contributed by atoms with van der Waals surface area (Å²) in [5.41, 5.74) is 0. The number of carbonyl (C=O) groups excluding carboxylic acids is 1. The molecule has 0 aromatic rings. The van der Waals surface area contributed by atoms with E-state index in [-0.39, 0.29) is 18.1 Å². The third kappa shape index (κ3) is 8.01. The fourth-order valence-electron chi connectivity index (χ4n) is 1.10. The SMILES string of the molecule is CC(O)CCN(C)CC(=O)NC(C)C. The summed E-state index contributed by atoms with van der Waals surface area (Å²) in [5, 5.41) is 11.9. The van der Waals surface area contributed by atoms with E-state index in [0.29, 0.717) is 13.0 Å². The fraction of sp³-hybridized carbons (Fsp3) is 0.900. The molecule has 1 atom stereocenters. The van der Waals surface area contributed by atoms with Crippen molar-refractivity contribution in [3.05, 3.63) is 0 Å². The van der Waals surface area contributed by atoms with Gasteiger partial charge in [-0.05, 0) is 34.2 Å². The lowest BCUT2D eigenvalue weighted by Crippen LogP contribution is -2.39. The number of amides is 1. The van der Waals surface area contributed by atoms with Gasteiger partial charge in [-0.2, -0.15) is 0 Å². The van der Waals surface area contributed by atoms with Crippen LogP contribution >= 0.6 is 0 Å². The molecule has 0 aromatic carbocycles. The van der Waals surface area contributed by atoms with Crippen molar-refractivity contribution in [2.45, 2.75) is 39.3 Å². The first kappa shape index (κ1) is 13.4. The molecule has 0 aromatic heterocycles. The van der Waals surface area contributed by atoms with Crippen LogP contribution in [0, 0.1) is 0 Å². The highest BCUT2D eigenvalue weighted by atomic mass is 16.3. The van der Waals surface area contributed by atoms with Gasteiger partial charge >= 0.3 is 0 Å². The van der Waals surface area contributed by atoms with Gasteiger partial charge < -0.3 is 10.4 Å². The summed E-state index contributed by atoms with van der Waals surface area (Å²) in [6.45, 7) is 6.76. The van der Waals surface area contributed by atoms with Crippen LogP contribution in [0.15, 0.2) is 0 Å². The van der Waals surface area contributed by atoms with Crippen LogP contribution in [0.2, 0.25) is 0 Å². The molecule has 0 aliphatic carbocycles. The van der Waals surface area contributed by atoms with Crippen molar-refractivity contribution in [3.63, 3.8) is 0 Å². The Morgan fingerprint density at radius 3 is 2.43 bits per heavy atom. The van der Waals surface area contributed by atoms with Crippen LogP contribution in [0.5, 0.6) is 0 Å². The first-order chi connectivity index (χ1) is 6.41. The summed E-state index contributed by atoms with van der Waals surface area (Å²) in [6.07, 6.45) is 0.399. The molecule has 1 amide bonds. The summed E-state index contributed by atoms with van der Waals surface area (Å²) >= 11 is 0. The first-order valence-corrected chi connectivity index (χ1v) is 5.07. The van der Waals surface area contributed by atoms with Crippen molar-refractivity contribution in [1.29, 1.82) is 0 Å². The molecule has 0 spiro atoms. The zero-order valence-electron chi connectivity index (χ0n) is 9.58. The molecule has 2 N–H and O–H groups in total. The van der Waals surface area contributed by atoms with Crippen molar-refractivity contribution >= 4 is 5.91 Å². The van der Waals surface area contributed by atoms with Crippen molar-refractivity contribution in [1.82, 2.24) is 10.2 Å². The second kappa shape index (κ2) is 6.79. The summed E-state index contributed by atoms with van der Waals surface area (Å²) in [6, 6.07) is 0.188. The van der Waals surface area contributed by atoms with E-state index in [1.165, 1.54) is 0 Å². The normalized spacial score (nSPS) is 13.4. The lowest BCUT2D eigenvalue weighted by atomic mass is 10.3. The molecule has 4 heteroatoms. The van der Waals surface area contributed by atoms with E-state index in [9.17, 15) is 4.79 Å². The van der Waals surface area contributed by atoms with Gasteiger partial charge in [0, 0.05) is 12.6 Å². The monoisotopic (exact) mass is 202 g/mol. The van der Waals surface area contributed by atoms with Gasteiger partial charge in [0.15, 0.2) is 0 Å². The molecule has 0 heterocycles. The minimum Gasteiger partial charge on any atom is -0.393 e. The van der Waals surface area contributed by atoms with E-state index < -0.39 is 0 Å². The van der Waals surface area contributed by atoms with E-state index in [4.69, 9.17) is 5.11 Å². The molecule has 0 rings (SSSR count). The average Bonchev–Trinajstić information content (AvgIpc) is 1.98. The van der Waals surface area contributed by atoms with Crippen molar-refractivity contribution in [2.24, 2.45) is 0 Å². The Balaban J connectivity index is 3.60. The smallest absolute Gasteiger partial charge is 0.234 e. The summed E-state index contributed by atoms with van der Waals surface area (Å²) < 4.78 is 0. The number of hydrogen-bond acceptors (Lipinski definition) is 3. The molecular weight excluding hydrogens is 180 g/mol. The molecule has 14 heavy (non-hydrogen) atoms. The first-order valence-electron chi connectivity index (χ1n) is 5.07. The Labute approximate surface area is 86.3 Å². The third-order valence-corrected chi connectivity index (χ3v) is 1.79. The number of likely N-dealkylation sites (N-methyl/N-ethyl adjacent to an activating group) is 1. The zero-order chi connectivity index (χ0) is 11.1.